The number of aromatic hydroxyl groups is 1. The second-order valence-electron chi connectivity index (χ2n) is 5.65. The summed E-state index contributed by atoms with van der Waals surface area (Å²) < 4.78 is 0. The molecule has 1 heterocycles. The molecule has 0 aromatic heterocycles. The van der Waals surface area contributed by atoms with Crippen molar-refractivity contribution in [2.75, 3.05) is 26.2 Å². The summed E-state index contributed by atoms with van der Waals surface area (Å²) in [6.07, 6.45) is 0.832. The van der Waals surface area contributed by atoms with Crippen LogP contribution < -0.4 is 5.43 Å². The lowest BCUT2D eigenvalue weighted by Gasteiger charge is -2.32. The minimum atomic E-state index is -0.619. The van der Waals surface area contributed by atoms with E-state index in [1.165, 1.54) is 18.2 Å². The number of carbonyl (C=O) groups excluding carboxylic acids is 3. The lowest BCUT2D eigenvalue weighted by molar-refractivity contribution is -0.134. The zero-order valence-electron chi connectivity index (χ0n) is 13.7. The van der Waals surface area contributed by atoms with Gasteiger partial charge in [0, 0.05) is 36.9 Å². The average Bonchev–Trinajstić information content (AvgIpc) is 2.61. The number of benzene rings is 1. The van der Waals surface area contributed by atoms with Crippen LogP contribution in [-0.4, -0.2) is 65.0 Å². The number of hydrogen-bond donors (Lipinski definition) is 2. The molecule has 2 N–H and O–H groups in total. The van der Waals surface area contributed by atoms with Gasteiger partial charge in [-0.15, -0.1) is 0 Å². The summed E-state index contributed by atoms with van der Waals surface area (Å²) in [6.45, 7) is 3.60. The molecule has 0 unspecified atom stereocenters. The van der Waals surface area contributed by atoms with Crippen molar-refractivity contribution in [1.82, 2.24) is 15.2 Å². The number of rotatable bonds is 5. The van der Waals surface area contributed by atoms with Crippen molar-refractivity contribution < 1.29 is 19.5 Å². The molecule has 0 radical (unpaired) electrons. The summed E-state index contributed by atoms with van der Waals surface area (Å²) in [6, 6.07) is 4.11. The van der Waals surface area contributed by atoms with Gasteiger partial charge in [0.05, 0.1) is 12.0 Å². The summed E-state index contributed by atoms with van der Waals surface area (Å²) in [7, 11) is 0. The zero-order chi connectivity index (χ0) is 18.4. The van der Waals surface area contributed by atoms with Gasteiger partial charge in [0.15, 0.2) is 0 Å². The van der Waals surface area contributed by atoms with Gasteiger partial charge in [-0.3, -0.25) is 14.4 Å². The van der Waals surface area contributed by atoms with Crippen LogP contribution in [0.2, 0.25) is 5.02 Å². The Kier molecular flexibility index (Phi) is 6.35. The van der Waals surface area contributed by atoms with Gasteiger partial charge in [-0.05, 0) is 25.1 Å². The third-order valence-corrected chi connectivity index (χ3v) is 4.01. The van der Waals surface area contributed by atoms with E-state index >= 15 is 0 Å². The molecule has 25 heavy (non-hydrogen) atoms. The van der Waals surface area contributed by atoms with Crippen molar-refractivity contribution in [1.29, 1.82) is 0 Å². The topological polar surface area (TPSA) is 102 Å². The smallest absolute Gasteiger partial charge is 0.275 e. The Bertz CT molecular complexity index is 699. The standard InChI is InChI=1S/C16H19ClN4O4/c1-11(8-15(24)21-6-4-20(10-22)5-7-21)18-19-16(25)13-9-12(17)2-3-14(13)23/h2-3,9-10,23H,4-8H2,1H3,(H,19,25). The maximum absolute atomic E-state index is 12.2. The number of hydrogen-bond acceptors (Lipinski definition) is 5. The van der Waals surface area contributed by atoms with Gasteiger partial charge in [0.25, 0.3) is 5.91 Å². The number of amides is 3. The molecule has 0 saturated carbocycles. The molecule has 3 amide bonds. The first-order valence-corrected chi connectivity index (χ1v) is 8.07. The number of piperazine rings is 1. The Morgan fingerprint density at radius 1 is 1.32 bits per heavy atom. The van der Waals surface area contributed by atoms with Gasteiger partial charge < -0.3 is 14.9 Å². The molecule has 1 fully saturated rings. The molecule has 9 heteroatoms. The van der Waals surface area contributed by atoms with E-state index < -0.39 is 5.91 Å². The van der Waals surface area contributed by atoms with E-state index in [1.807, 2.05) is 0 Å². The van der Waals surface area contributed by atoms with E-state index in [0.717, 1.165) is 6.41 Å². The molecule has 2 rings (SSSR count). The van der Waals surface area contributed by atoms with Gasteiger partial charge in [-0.1, -0.05) is 11.6 Å². The SMILES string of the molecule is CC(CC(=O)N1CCN(C=O)CC1)=NNC(=O)c1cc(Cl)ccc1O. The van der Waals surface area contributed by atoms with Crippen LogP contribution in [0, 0.1) is 0 Å². The number of halogens is 1. The van der Waals surface area contributed by atoms with Crippen LogP contribution in [0.5, 0.6) is 5.75 Å². The molecule has 8 nitrogen and oxygen atoms in total. The Morgan fingerprint density at radius 3 is 2.64 bits per heavy atom. The fourth-order valence-electron chi connectivity index (χ4n) is 2.34. The largest absolute Gasteiger partial charge is 0.507 e. The zero-order valence-corrected chi connectivity index (χ0v) is 14.5. The first-order chi connectivity index (χ1) is 11.9. The molecule has 134 valence electrons. The molecule has 1 aliphatic heterocycles. The predicted molar refractivity (Wildman–Crippen MR) is 92.5 cm³/mol. The highest BCUT2D eigenvalue weighted by Crippen LogP contribution is 2.21. The van der Waals surface area contributed by atoms with Crippen molar-refractivity contribution in [2.45, 2.75) is 13.3 Å². The minimum Gasteiger partial charge on any atom is -0.507 e. The highest BCUT2D eigenvalue weighted by Gasteiger charge is 2.20. The summed E-state index contributed by atoms with van der Waals surface area (Å²) >= 11 is 5.80. The molecule has 1 aliphatic rings. The fraction of sp³-hybridized carbons (Fsp3) is 0.375. The van der Waals surface area contributed by atoms with Gasteiger partial charge in [-0.25, -0.2) is 5.43 Å². The van der Waals surface area contributed by atoms with Crippen molar-refractivity contribution in [3.8, 4) is 5.75 Å². The maximum Gasteiger partial charge on any atom is 0.275 e. The molecule has 1 aromatic rings. The van der Waals surface area contributed by atoms with Crippen molar-refractivity contribution in [2.24, 2.45) is 5.10 Å². The quantitative estimate of drug-likeness (QED) is 0.458. The minimum absolute atomic E-state index is 0.000335. The lowest BCUT2D eigenvalue weighted by atomic mass is 10.2. The highest BCUT2D eigenvalue weighted by molar-refractivity contribution is 6.31. The van der Waals surface area contributed by atoms with E-state index in [2.05, 4.69) is 10.5 Å². The van der Waals surface area contributed by atoms with Crippen LogP contribution in [-0.2, 0) is 9.59 Å². The monoisotopic (exact) mass is 366 g/mol. The first-order valence-electron chi connectivity index (χ1n) is 7.70. The summed E-state index contributed by atoms with van der Waals surface area (Å²) in [5.74, 6) is -0.947. The Labute approximate surface area is 150 Å². The first kappa shape index (κ1) is 18.7. The third-order valence-electron chi connectivity index (χ3n) is 3.77. The van der Waals surface area contributed by atoms with Crippen LogP contribution in [0.4, 0.5) is 0 Å². The number of phenols is 1. The van der Waals surface area contributed by atoms with E-state index in [9.17, 15) is 19.5 Å². The summed E-state index contributed by atoms with van der Waals surface area (Å²) in [4.78, 5) is 38.1. The second-order valence-corrected chi connectivity index (χ2v) is 6.08. The van der Waals surface area contributed by atoms with Gasteiger partial charge >= 0.3 is 0 Å². The molecule has 0 atom stereocenters. The lowest BCUT2D eigenvalue weighted by Crippen LogP contribution is -2.48. The van der Waals surface area contributed by atoms with Crippen molar-refractivity contribution in [3.63, 3.8) is 0 Å². The van der Waals surface area contributed by atoms with Crippen LogP contribution >= 0.6 is 11.6 Å². The second kappa shape index (κ2) is 8.48. The van der Waals surface area contributed by atoms with E-state index in [0.29, 0.717) is 36.9 Å². The number of phenolic OH excluding ortho intramolecular Hbond substituents is 1. The van der Waals surface area contributed by atoms with Crippen LogP contribution in [0.3, 0.4) is 0 Å². The molecule has 0 bridgehead atoms. The van der Waals surface area contributed by atoms with Gasteiger partial charge in [0.2, 0.25) is 12.3 Å². The number of hydrazone groups is 1. The molecular weight excluding hydrogens is 348 g/mol. The number of nitrogens with one attached hydrogen (secondary N) is 1. The normalized spacial score (nSPS) is 15.0. The Hall–Kier alpha value is -2.61. The van der Waals surface area contributed by atoms with Crippen LogP contribution in [0.1, 0.15) is 23.7 Å². The van der Waals surface area contributed by atoms with Gasteiger partial charge in [0.1, 0.15) is 5.75 Å². The predicted octanol–water partition coefficient (Wildman–Crippen LogP) is 0.842. The highest BCUT2D eigenvalue weighted by atomic mass is 35.5. The Morgan fingerprint density at radius 2 is 2.00 bits per heavy atom. The van der Waals surface area contributed by atoms with Gasteiger partial charge in [-0.2, -0.15) is 5.10 Å². The Balaban J connectivity index is 1.89. The summed E-state index contributed by atoms with van der Waals surface area (Å²) in [5, 5.41) is 13.9. The summed E-state index contributed by atoms with van der Waals surface area (Å²) in [5.41, 5.74) is 2.73. The average molecular weight is 367 g/mol. The third kappa shape index (κ3) is 5.18. The van der Waals surface area contributed by atoms with Crippen LogP contribution in [0.25, 0.3) is 0 Å². The van der Waals surface area contributed by atoms with E-state index in [4.69, 9.17) is 11.6 Å². The molecule has 0 spiro atoms. The molecule has 1 aromatic carbocycles. The molecular formula is C16H19ClN4O4. The van der Waals surface area contributed by atoms with Crippen molar-refractivity contribution in [3.05, 3.63) is 28.8 Å². The molecule has 1 saturated heterocycles. The number of carbonyl (C=O) groups is 3. The van der Waals surface area contributed by atoms with E-state index in [1.54, 1.807) is 16.7 Å². The van der Waals surface area contributed by atoms with Crippen molar-refractivity contribution >= 4 is 35.5 Å². The fourth-order valence-corrected chi connectivity index (χ4v) is 2.52. The van der Waals surface area contributed by atoms with E-state index in [-0.39, 0.29) is 23.6 Å². The molecule has 0 aliphatic carbocycles. The van der Waals surface area contributed by atoms with Crippen LogP contribution in [0.15, 0.2) is 23.3 Å². The maximum atomic E-state index is 12.2. The number of nitrogens with zero attached hydrogens (tertiary/aromatic N) is 3.